The van der Waals surface area contributed by atoms with Crippen molar-refractivity contribution in [3.8, 4) is 0 Å². The summed E-state index contributed by atoms with van der Waals surface area (Å²) in [5.74, 6) is -0.353. The van der Waals surface area contributed by atoms with E-state index >= 15 is 0 Å². The Balaban J connectivity index is 2.22. The maximum absolute atomic E-state index is 13.2. The molecule has 2 aromatic carbocycles. The van der Waals surface area contributed by atoms with Crippen molar-refractivity contribution in [1.82, 2.24) is 0 Å². The number of hydrogen-bond acceptors (Lipinski definition) is 1. The van der Waals surface area contributed by atoms with Crippen molar-refractivity contribution < 1.29 is 9.18 Å². The highest BCUT2D eigenvalue weighted by Gasteiger charge is 2.13. The van der Waals surface area contributed by atoms with Gasteiger partial charge in [-0.15, -0.1) is 0 Å². The van der Waals surface area contributed by atoms with E-state index in [0.29, 0.717) is 21.6 Å². The van der Waals surface area contributed by atoms with Crippen LogP contribution in [0.3, 0.4) is 0 Å². The van der Waals surface area contributed by atoms with Crippen LogP contribution in [0.15, 0.2) is 40.9 Å². The molecule has 21 heavy (non-hydrogen) atoms. The third-order valence-corrected chi connectivity index (χ3v) is 4.01. The van der Waals surface area contributed by atoms with Gasteiger partial charge in [0.1, 0.15) is 5.82 Å². The molecule has 0 radical (unpaired) electrons. The molecule has 0 heterocycles. The maximum Gasteiger partial charge on any atom is 0.255 e. The summed E-state index contributed by atoms with van der Waals surface area (Å²) in [4.78, 5) is 12.2. The molecule has 2 aromatic rings. The molecule has 0 atom stereocenters. The third-order valence-electron chi connectivity index (χ3n) is 3.08. The average Bonchev–Trinajstić information content (AvgIpc) is 2.42. The van der Waals surface area contributed by atoms with Crippen LogP contribution < -0.4 is 5.32 Å². The van der Waals surface area contributed by atoms with Crippen LogP contribution in [0.4, 0.5) is 10.1 Å². The first-order chi connectivity index (χ1) is 9.88. The lowest BCUT2D eigenvalue weighted by molar-refractivity contribution is 0.102. The lowest BCUT2D eigenvalue weighted by atomic mass is 10.0. The van der Waals surface area contributed by atoms with Gasteiger partial charge in [-0.3, -0.25) is 4.79 Å². The summed E-state index contributed by atoms with van der Waals surface area (Å²) in [5.41, 5.74) is 2.04. The van der Waals surface area contributed by atoms with Crippen molar-refractivity contribution >= 4 is 39.1 Å². The first-order valence-electron chi connectivity index (χ1n) is 6.44. The second-order valence-corrected chi connectivity index (χ2v) is 6.24. The SMILES string of the molecule is CC(C)c1ccc(C(=O)Nc2c(Cl)cc(F)cc2Br)cc1. The molecule has 2 nitrogen and oxygen atoms in total. The molecule has 0 aromatic heterocycles. The van der Waals surface area contributed by atoms with Crippen molar-refractivity contribution in [2.24, 2.45) is 0 Å². The molecule has 2 rings (SSSR count). The number of anilines is 1. The van der Waals surface area contributed by atoms with Crippen molar-refractivity contribution in [2.45, 2.75) is 19.8 Å². The molecule has 0 saturated carbocycles. The zero-order chi connectivity index (χ0) is 15.6. The Kier molecular flexibility index (Phi) is 5.01. The summed E-state index contributed by atoms with van der Waals surface area (Å²) < 4.78 is 13.6. The fraction of sp³-hybridized carbons (Fsp3) is 0.188. The summed E-state index contributed by atoms with van der Waals surface area (Å²) in [5, 5.41) is 2.83. The fourth-order valence-corrected chi connectivity index (χ4v) is 2.77. The Morgan fingerprint density at radius 1 is 1.24 bits per heavy atom. The topological polar surface area (TPSA) is 29.1 Å². The van der Waals surface area contributed by atoms with Gasteiger partial charge in [-0.1, -0.05) is 37.6 Å². The Morgan fingerprint density at radius 2 is 1.86 bits per heavy atom. The van der Waals surface area contributed by atoms with Crippen LogP contribution >= 0.6 is 27.5 Å². The first-order valence-corrected chi connectivity index (χ1v) is 7.61. The van der Waals surface area contributed by atoms with E-state index in [9.17, 15) is 9.18 Å². The summed E-state index contributed by atoms with van der Waals surface area (Å²) in [6.45, 7) is 4.18. The molecule has 0 aliphatic heterocycles. The van der Waals surface area contributed by atoms with Gasteiger partial charge in [-0.05, 0) is 51.7 Å². The third kappa shape index (κ3) is 3.83. The van der Waals surface area contributed by atoms with E-state index in [0.717, 1.165) is 11.6 Å². The molecule has 0 fully saturated rings. The van der Waals surface area contributed by atoms with Gasteiger partial charge in [0.2, 0.25) is 0 Å². The number of carbonyl (C=O) groups excluding carboxylic acids is 1. The summed E-state index contributed by atoms with van der Waals surface area (Å²) >= 11 is 9.14. The molecule has 0 spiro atoms. The highest BCUT2D eigenvalue weighted by Crippen LogP contribution is 2.32. The highest BCUT2D eigenvalue weighted by molar-refractivity contribution is 9.10. The number of halogens is 3. The molecular weight excluding hydrogens is 357 g/mol. The average molecular weight is 371 g/mol. The van der Waals surface area contributed by atoms with Crippen molar-refractivity contribution in [2.75, 3.05) is 5.32 Å². The van der Waals surface area contributed by atoms with Crippen molar-refractivity contribution in [1.29, 1.82) is 0 Å². The standard InChI is InChI=1S/C16H14BrClFNO/c1-9(2)10-3-5-11(6-4-10)16(21)20-15-13(17)7-12(19)8-14(15)18/h3-9H,1-2H3,(H,20,21). The minimum atomic E-state index is -0.467. The maximum atomic E-state index is 13.2. The summed E-state index contributed by atoms with van der Waals surface area (Å²) in [7, 11) is 0. The molecule has 1 amide bonds. The summed E-state index contributed by atoms with van der Waals surface area (Å²) in [6.07, 6.45) is 0. The highest BCUT2D eigenvalue weighted by atomic mass is 79.9. The van der Waals surface area contributed by atoms with Crippen LogP contribution in [-0.4, -0.2) is 5.91 Å². The number of amides is 1. The minimum absolute atomic E-state index is 0.147. The van der Waals surface area contributed by atoms with E-state index in [4.69, 9.17) is 11.6 Å². The Labute approximate surface area is 136 Å². The van der Waals surface area contributed by atoms with Crippen LogP contribution in [0, 0.1) is 5.82 Å². The zero-order valence-corrected chi connectivity index (χ0v) is 13.9. The van der Waals surface area contributed by atoms with E-state index in [2.05, 4.69) is 35.1 Å². The Morgan fingerprint density at radius 3 is 2.38 bits per heavy atom. The van der Waals surface area contributed by atoms with Crippen molar-refractivity contribution in [3.63, 3.8) is 0 Å². The largest absolute Gasteiger partial charge is 0.320 e. The first kappa shape index (κ1) is 16.0. The lowest BCUT2D eigenvalue weighted by Crippen LogP contribution is -2.13. The summed E-state index contributed by atoms with van der Waals surface area (Å²) in [6, 6.07) is 9.76. The molecule has 0 saturated heterocycles. The van der Waals surface area contributed by atoms with Crippen LogP contribution in [0.1, 0.15) is 35.7 Å². The van der Waals surface area contributed by atoms with Gasteiger partial charge in [-0.2, -0.15) is 0 Å². The van der Waals surface area contributed by atoms with Gasteiger partial charge in [-0.25, -0.2) is 4.39 Å². The number of rotatable bonds is 3. The number of carbonyl (C=O) groups is 1. The van der Waals surface area contributed by atoms with E-state index in [1.165, 1.54) is 6.07 Å². The molecule has 0 bridgehead atoms. The second kappa shape index (κ2) is 6.58. The predicted octanol–water partition coefficient (Wildman–Crippen LogP) is 5.62. The van der Waals surface area contributed by atoms with E-state index in [-0.39, 0.29) is 10.9 Å². The number of benzene rings is 2. The molecule has 0 aliphatic rings. The van der Waals surface area contributed by atoms with Gasteiger partial charge in [0.15, 0.2) is 0 Å². The van der Waals surface area contributed by atoms with Crippen LogP contribution in [0.2, 0.25) is 5.02 Å². The number of nitrogens with one attached hydrogen (secondary N) is 1. The zero-order valence-electron chi connectivity index (χ0n) is 11.6. The Hall–Kier alpha value is -1.39. The van der Waals surface area contributed by atoms with E-state index < -0.39 is 5.82 Å². The van der Waals surface area contributed by atoms with Gasteiger partial charge in [0.05, 0.1) is 10.7 Å². The van der Waals surface area contributed by atoms with Crippen LogP contribution in [0.25, 0.3) is 0 Å². The van der Waals surface area contributed by atoms with E-state index in [1.807, 2.05) is 12.1 Å². The molecule has 0 unspecified atom stereocenters. The molecule has 5 heteroatoms. The molecule has 110 valence electrons. The smallest absolute Gasteiger partial charge is 0.255 e. The fourth-order valence-electron chi connectivity index (χ4n) is 1.87. The molecule has 1 N–H and O–H groups in total. The van der Waals surface area contributed by atoms with Gasteiger partial charge >= 0.3 is 0 Å². The monoisotopic (exact) mass is 369 g/mol. The Bertz CT molecular complexity index is 647. The van der Waals surface area contributed by atoms with E-state index in [1.54, 1.807) is 12.1 Å². The van der Waals surface area contributed by atoms with Crippen molar-refractivity contribution in [3.05, 3.63) is 62.8 Å². The van der Waals surface area contributed by atoms with Crippen LogP contribution in [-0.2, 0) is 0 Å². The molecular formula is C16H14BrClFNO. The lowest BCUT2D eigenvalue weighted by Gasteiger charge is -2.11. The van der Waals surface area contributed by atoms with Gasteiger partial charge < -0.3 is 5.32 Å². The van der Waals surface area contributed by atoms with Gasteiger partial charge in [0, 0.05) is 10.0 Å². The normalized spacial score (nSPS) is 10.8. The van der Waals surface area contributed by atoms with Crippen LogP contribution in [0.5, 0.6) is 0 Å². The number of hydrogen-bond donors (Lipinski definition) is 1. The minimum Gasteiger partial charge on any atom is -0.320 e. The second-order valence-electron chi connectivity index (χ2n) is 4.98. The molecule has 0 aliphatic carbocycles. The predicted molar refractivity (Wildman–Crippen MR) is 87.6 cm³/mol. The quantitative estimate of drug-likeness (QED) is 0.746. The van der Waals surface area contributed by atoms with Gasteiger partial charge in [0.25, 0.3) is 5.91 Å².